The number of pyridine rings is 1. The van der Waals surface area contributed by atoms with Crippen molar-refractivity contribution in [3.05, 3.63) is 53.4 Å². The zero-order valence-electron chi connectivity index (χ0n) is 21.0. The van der Waals surface area contributed by atoms with E-state index in [1.54, 1.807) is 0 Å². The Bertz CT molecular complexity index is 1460. The van der Waals surface area contributed by atoms with E-state index in [9.17, 15) is 10.1 Å². The highest BCUT2D eigenvalue weighted by Crippen LogP contribution is 2.46. The number of aromatic amines is 1. The smallest absolute Gasteiger partial charge is 0.245 e. The minimum Gasteiger partial charge on any atom is -0.370 e. The van der Waals surface area contributed by atoms with Crippen molar-refractivity contribution in [2.75, 3.05) is 31.1 Å². The maximum absolute atomic E-state index is 12.0. The third kappa shape index (κ3) is 3.41. The highest BCUT2D eigenvalue weighted by molar-refractivity contribution is 5.98. The fraction of sp³-hybridized carbons (Fsp3) is 0.429. The minimum atomic E-state index is -0.330. The molecule has 2 saturated heterocycles. The predicted octanol–water partition coefficient (Wildman–Crippen LogP) is 3.88. The second-order valence-corrected chi connectivity index (χ2v) is 11.1. The van der Waals surface area contributed by atoms with Gasteiger partial charge in [-0.3, -0.25) is 9.89 Å². The second kappa shape index (κ2) is 7.90. The van der Waals surface area contributed by atoms with Crippen LogP contribution >= 0.6 is 0 Å². The number of hydrogen-bond acceptors (Lipinski definition) is 6. The third-order valence-electron chi connectivity index (χ3n) is 8.03. The molecule has 0 radical (unpaired) electrons. The summed E-state index contributed by atoms with van der Waals surface area (Å²) in [6.45, 7) is 13.3. The van der Waals surface area contributed by atoms with Crippen LogP contribution in [0, 0.1) is 23.7 Å². The summed E-state index contributed by atoms with van der Waals surface area (Å²) in [6.07, 6.45) is 4.84. The molecule has 1 aromatic carbocycles. The summed E-state index contributed by atoms with van der Waals surface area (Å²) in [4.78, 5) is 21.3. The van der Waals surface area contributed by atoms with Crippen molar-refractivity contribution in [1.29, 1.82) is 5.26 Å². The van der Waals surface area contributed by atoms with Gasteiger partial charge in [0.1, 0.15) is 17.5 Å². The van der Waals surface area contributed by atoms with E-state index >= 15 is 0 Å². The molecule has 0 saturated carbocycles. The summed E-state index contributed by atoms with van der Waals surface area (Å²) >= 11 is 0. The number of anilines is 1. The first-order chi connectivity index (χ1) is 17.2. The van der Waals surface area contributed by atoms with Crippen molar-refractivity contribution >= 4 is 22.6 Å². The van der Waals surface area contributed by atoms with Crippen molar-refractivity contribution in [2.24, 2.45) is 5.41 Å². The number of carbonyl (C=O) groups excluding carboxylic acids is 1. The molecule has 0 atom stereocenters. The predicted molar refractivity (Wildman–Crippen MR) is 137 cm³/mol. The summed E-state index contributed by atoms with van der Waals surface area (Å²) in [6, 6.07) is 6.66. The normalized spacial score (nSPS) is 19.7. The molecule has 2 aromatic heterocycles. The Morgan fingerprint density at radius 1 is 1.28 bits per heavy atom. The zero-order chi connectivity index (χ0) is 25.2. The number of nitriles is 1. The molecule has 1 spiro atoms. The Balaban J connectivity index is 1.50. The SMILES string of the molecule is C=CC(=O)N1CC2(CCN(c3nc4c(c(-c5c(C)ccc6cn[nH]c56)c3C#N)COC(C)(C)C4)C2)C1. The van der Waals surface area contributed by atoms with Crippen molar-refractivity contribution in [1.82, 2.24) is 20.1 Å². The largest absolute Gasteiger partial charge is 0.370 e. The van der Waals surface area contributed by atoms with E-state index in [-0.39, 0.29) is 16.9 Å². The summed E-state index contributed by atoms with van der Waals surface area (Å²) in [5.74, 6) is 0.724. The number of benzene rings is 1. The van der Waals surface area contributed by atoms with Crippen LogP contribution in [0.15, 0.2) is 31.0 Å². The highest BCUT2D eigenvalue weighted by Gasteiger charge is 2.49. The molecule has 0 bridgehead atoms. The quantitative estimate of drug-likeness (QED) is 0.569. The van der Waals surface area contributed by atoms with Crippen LogP contribution in [0.25, 0.3) is 22.0 Å². The summed E-state index contributed by atoms with van der Waals surface area (Å²) in [5, 5.41) is 19.0. The molecule has 184 valence electrons. The molecule has 6 rings (SSSR count). The lowest BCUT2D eigenvalue weighted by Crippen LogP contribution is -2.59. The Morgan fingerprint density at radius 3 is 2.83 bits per heavy atom. The van der Waals surface area contributed by atoms with Crippen molar-refractivity contribution < 1.29 is 9.53 Å². The van der Waals surface area contributed by atoms with Gasteiger partial charge in [0.25, 0.3) is 0 Å². The van der Waals surface area contributed by atoms with E-state index in [1.165, 1.54) is 6.08 Å². The molecule has 3 aliphatic rings. The first kappa shape index (κ1) is 22.7. The van der Waals surface area contributed by atoms with Crippen LogP contribution in [-0.4, -0.2) is 57.8 Å². The van der Waals surface area contributed by atoms with Gasteiger partial charge in [-0.25, -0.2) is 4.98 Å². The monoisotopic (exact) mass is 482 g/mol. The molecule has 0 aliphatic carbocycles. The van der Waals surface area contributed by atoms with Gasteiger partial charge in [-0.15, -0.1) is 0 Å². The number of nitrogens with one attached hydrogen (secondary N) is 1. The Hall–Kier alpha value is -3.70. The number of fused-ring (bicyclic) bond motifs is 2. The number of aryl methyl sites for hydroxylation is 1. The highest BCUT2D eigenvalue weighted by atomic mass is 16.5. The van der Waals surface area contributed by atoms with Crippen LogP contribution in [0.3, 0.4) is 0 Å². The van der Waals surface area contributed by atoms with E-state index in [4.69, 9.17) is 9.72 Å². The first-order valence-corrected chi connectivity index (χ1v) is 12.4. The molecule has 0 unspecified atom stereocenters. The van der Waals surface area contributed by atoms with Crippen molar-refractivity contribution in [3.63, 3.8) is 0 Å². The fourth-order valence-electron chi connectivity index (χ4n) is 6.15. The van der Waals surface area contributed by atoms with Crippen molar-refractivity contribution in [3.8, 4) is 17.2 Å². The van der Waals surface area contributed by atoms with Gasteiger partial charge in [-0.05, 0) is 38.8 Å². The first-order valence-electron chi connectivity index (χ1n) is 12.4. The molecule has 1 amide bonds. The maximum Gasteiger partial charge on any atom is 0.245 e. The van der Waals surface area contributed by atoms with Gasteiger partial charge >= 0.3 is 0 Å². The molecular formula is C28H30N6O2. The summed E-state index contributed by atoms with van der Waals surface area (Å²) in [5.41, 5.74) is 6.16. The van der Waals surface area contributed by atoms with Gasteiger partial charge < -0.3 is 14.5 Å². The average Bonchev–Trinajstić information content (AvgIpc) is 3.48. The lowest BCUT2D eigenvalue weighted by atomic mass is 9.79. The minimum absolute atomic E-state index is 0.0173. The average molecular weight is 483 g/mol. The standard InChI is InChI=1S/C28H30N6O2/c1-5-22(35)34-15-28(16-34)8-9-33(14-28)26-19(11-29)24(20-13-36-27(3,4)10-21(20)31-26)23-17(2)6-7-18-12-30-32-25(18)23/h5-7,12H,1,8-10,13-16H2,2-4H3,(H,30,32). The lowest BCUT2D eigenvalue weighted by molar-refractivity contribution is -0.136. The molecule has 3 aliphatic heterocycles. The number of H-pyrrole nitrogens is 1. The number of ether oxygens (including phenoxy) is 1. The number of amides is 1. The molecule has 8 nitrogen and oxygen atoms in total. The third-order valence-corrected chi connectivity index (χ3v) is 8.03. The van der Waals surface area contributed by atoms with Gasteiger partial charge in [0.05, 0.1) is 29.6 Å². The number of aromatic nitrogens is 3. The molecule has 8 heteroatoms. The van der Waals surface area contributed by atoms with Crippen LogP contribution in [0.4, 0.5) is 5.82 Å². The number of likely N-dealkylation sites (tertiary alicyclic amines) is 1. The van der Waals surface area contributed by atoms with E-state index in [1.807, 2.05) is 11.1 Å². The molecule has 3 aromatic rings. The molecule has 2 fully saturated rings. The number of rotatable bonds is 3. The molecule has 36 heavy (non-hydrogen) atoms. The van der Waals surface area contributed by atoms with Crippen LogP contribution in [0.2, 0.25) is 0 Å². The Kier molecular flexibility index (Phi) is 4.99. The van der Waals surface area contributed by atoms with Gasteiger partial charge in [-0.1, -0.05) is 18.7 Å². The number of nitrogens with zero attached hydrogens (tertiary/aromatic N) is 5. The van der Waals surface area contributed by atoms with Gasteiger partial charge in [0.15, 0.2) is 0 Å². The maximum atomic E-state index is 12.0. The molecule has 5 heterocycles. The fourth-order valence-corrected chi connectivity index (χ4v) is 6.15. The Morgan fingerprint density at radius 2 is 2.08 bits per heavy atom. The Labute approximate surface area is 210 Å². The van der Waals surface area contributed by atoms with E-state index in [2.05, 4.69) is 60.6 Å². The number of hydrogen-bond donors (Lipinski definition) is 1. The van der Waals surface area contributed by atoms with Gasteiger partial charge in [0, 0.05) is 60.1 Å². The summed E-state index contributed by atoms with van der Waals surface area (Å²) < 4.78 is 6.22. The van der Waals surface area contributed by atoms with Crippen LogP contribution in [0.1, 0.15) is 42.7 Å². The van der Waals surface area contributed by atoms with Gasteiger partial charge in [-0.2, -0.15) is 10.4 Å². The van der Waals surface area contributed by atoms with Gasteiger partial charge in [0.2, 0.25) is 5.91 Å². The molecular weight excluding hydrogens is 452 g/mol. The van der Waals surface area contributed by atoms with E-state index < -0.39 is 0 Å². The van der Waals surface area contributed by atoms with E-state index in [0.29, 0.717) is 18.6 Å². The zero-order valence-corrected chi connectivity index (χ0v) is 21.0. The van der Waals surface area contributed by atoms with Crippen LogP contribution in [0.5, 0.6) is 0 Å². The van der Waals surface area contributed by atoms with E-state index in [0.717, 1.165) is 77.3 Å². The van der Waals surface area contributed by atoms with Crippen molar-refractivity contribution in [2.45, 2.75) is 45.8 Å². The van der Waals surface area contributed by atoms with Crippen LogP contribution in [-0.2, 0) is 22.6 Å². The van der Waals surface area contributed by atoms with Crippen LogP contribution < -0.4 is 4.90 Å². The second-order valence-electron chi connectivity index (χ2n) is 11.1. The topological polar surface area (TPSA) is 98.1 Å². The molecule has 1 N–H and O–H groups in total. The number of carbonyl (C=O) groups is 1. The lowest BCUT2D eigenvalue weighted by Gasteiger charge is -2.47. The summed E-state index contributed by atoms with van der Waals surface area (Å²) in [7, 11) is 0.